The molecule has 0 aliphatic carbocycles. The molecule has 34 heavy (non-hydrogen) atoms. The second kappa shape index (κ2) is 9.11. The molecule has 1 aliphatic heterocycles. The molecule has 10 heteroatoms. The molecule has 0 spiro atoms. The molecule has 1 aliphatic rings. The molecule has 0 aromatic carbocycles. The second-order valence-electron chi connectivity index (χ2n) is 7.85. The number of hydrogen-bond donors (Lipinski definition) is 0. The average Bonchev–Trinajstić information content (AvgIpc) is 3.61. The number of amides is 1. The minimum Gasteiger partial charge on any atom is -0.467 e. The molecule has 0 radical (unpaired) electrons. The number of aromatic nitrogens is 2. The molecule has 5 heterocycles. The fourth-order valence-electron chi connectivity index (χ4n) is 3.94. The van der Waals surface area contributed by atoms with Crippen LogP contribution in [-0.2, 0) is 11.3 Å². The molecule has 0 N–H and O–H groups in total. The van der Waals surface area contributed by atoms with Gasteiger partial charge in [0, 0.05) is 17.8 Å². The lowest BCUT2D eigenvalue weighted by molar-refractivity contribution is -0.130. The Morgan fingerprint density at radius 1 is 1.29 bits per heavy atom. The van der Waals surface area contributed by atoms with Crippen LogP contribution in [-0.4, -0.2) is 31.9 Å². The van der Waals surface area contributed by atoms with Crippen molar-refractivity contribution < 1.29 is 13.6 Å². The van der Waals surface area contributed by atoms with Gasteiger partial charge in [0.1, 0.15) is 28.1 Å². The van der Waals surface area contributed by atoms with Gasteiger partial charge in [-0.3, -0.25) is 14.2 Å². The predicted molar refractivity (Wildman–Crippen MR) is 132 cm³/mol. The Balaban J connectivity index is 1.44. The summed E-state index contributed by atoms with van der Waals surface area (Å²) in [5, 5.41) is 7.11. The average molecular weight is 495 g/mol. The lowest BCUT2D eigenvalue weighted by Gasteiger charge is -2.20. The zero-order valence-electron chi connectivity index (χ0n) is 18.7. The van der Waals surface area contributed by atoms with Gasteiger partial charge in [0.2, 0.25) is 0 Å². The van der Waals surface area contributed by atoms with Crippen molar-refractivity contribution in [1.29, 1.82) is 0 Å². The number of rotatable bonds is 7. The Morgan fingerprint density at radius 2 is 2.09 bits per heavy atom. The fraction of sp³-hybridized carbons (Fsp3) is 0.250. The van der Waals surface area contributed by atoms with E-state index in [1.807, 2.05) is 26.0 Å². The topological polar surface area (TPSA) is 93.8 Å². The molecule has 0 saturated heterocycles. The molecule has 0 fully saturated rings. The van der Waals surface area contributed by atoms with Gasteiger partial charge in [0.15, 0.2) is 5.16 Å². The van der Waals surface area contributed by atoms with Crippen molar-refractivity contribution in [2.75, 3.05) is 5.75 Å². The van der Waals surface area contributed by atoms with E-state index < -0.39 is 0 Å². The highest BCUT2D eigenvalue weighted by atomic mass is 32.2. The van der Waals surface area contributed by atoms with Crippen molar-refractivity contribution in [3.63, 3.8) is 0 Å². The van der Waals surface area contributed by atoms with Crippen LogP contribution < -0.4 is 5.56 Å². The smallest absolute Gasteiger partial charge is 0.263 e. The van der Waals surface area contributed by atoms with Gasteiger partial charge >= 0.3 is 0 Å². The summed E-state index contributed by atoms with van der Waals surface area (Å²) in [6.45, 7) is 7.99. The van der Waals surface area contributed by atoms with Crippen LogP contribution >= 0.6 is 23.1 Å². The third-order valence-electron chi connectivity index (χ3n) is 5.73. The molecular formula is C24H22N4O4S2. The Labute approximate surface area is 203 Å². The Hall–Kier alpha value is -3.37. The highest BCUT2D eigenvalue weighted by molar-refractivity contribution is 7.99. The van der Waals surface area contributed by atoms with E-state index >= 15 is 0 Å². The first-order valence-electron chi connectivity index (χ1n) is 10.7. The maximum atomic E-state index is 13.3. The zero-order chi connectivity index (χ0) is 23.8. The molecule has 0 bridgehead atoms. The molecule has 5 rings (SSSR count). The van der Waals surface area contributed by atoms with Crippen LogP contribution in [0.1, 0.15) is 34.4 Å². The molecule has 174 valence electrons. The predicted octanol–water partition coefficient (Wildman–Crippen LogP) is 4.92. The van der Waals surface area contributed by atoms with E-state index in [1.54, 1.807) is 35.3 Å². The first kappa shape index (κ1) is 22.4. The maximum absolute atomic E-state index is 13.3. The lowest BCUT2D eigenvalue weighted by Crippen LogP contribution is -2.29. The van der Waals surface area contributed by atoms with Crippen molar-refractivity contribution in [3.05, 3.63) is 81.8 Å². The number of nitrogens with zero attached hydrogens (tertiary/aromatic N) is 4. The Morgan fingerprint density at radius 3 is 2.79 bits per heavy atom. The number of furan rings is 2. The number of hydrogen-bond acceptors (Lipinski definition) is 8. The van der Waals surface area contributed by atoms with Crippen LogP contribution in [0.3, 0.4) is 0 Å². The number of fused-ring (bicyclic) bond motifs is 1. The maximum Gasteiger partial charge on any atom is 0.263 e. The largest absolute Gasteiger partial charge is 0.467 e. The number of aryl methyl sites for hydroxylation is 2. The second-order valence-corrected chi connectivity index (χ2v) is 9.99. The number of thiophene rings is 1. The van der Waals surface area contributed by atoms with Crippen molar-refractivity contribution in [1.82, 2.24) is 14.6 Å². The van der Waals surface area contributed by atoms with E-state index in [-0.39, 0.29) is 23.3 Å². The summed E-state index contributed by atoms with van der Waals surface area (Å²) in [5.74, 6) is 1.11. The molecule has 1 atom stereocenters. The summed E-state index contributed by atoms with van der Waals surface area (Å²) >= 11 is 2.71. The Bertz CT molecular complexity index is 1450. The van der Waals surface area contributed by atoms with Crippen molar-refractivity contribution >= 4 is 44.9 Å². The standard InChI is InChI=1S/C24H22N4O4S2/c1-4-9-27-23(30)21-14(2)15(3)34-22(21)25-24(27)33-13-20(29)28-17(19-8-6-11-32-19)12-16(26-28)18-7-5-10-31-18/h4-8,10-11,17H,1,9,12-13H2,2-3H3. The van der Waals surface area contributed by atoms with Gasteiger partial charge in [-0.15, -0.1) is 17.9 Å². The van der Waals surface area contributed by atoms with Gasteiger partial charge in [-0.1, -0.05) is 17.8 Å². The molecular weight excluding hydrogens is 472 g/mol. The van der Waals surface area contributed by atoms with Crippen molar-refractivity contribution in [2.45, 2.75) is 38.0 Å². The fourth-order valence-corrected chi connectivity index (χ4v) is 5.87. The van der Waals surface area contributed by atoms with Crippen LogP contribution in [0.15, 0.2) is 73.3 Å². The van der Waals surface area contributed by atoms with E-state index in [2.05, 4.69) is 11.7 Å². The van der Waals surface area contributed by atoms with Gasteiger partial charge in [0.05, 0.1) is 23.7 Å². The monoisotopic (exact) mass is 494 g/mol. The summed E-state index contributed by atoms with van der Waals surface area (Å²) in [4.78, 5) is 32.9. The molecule has 0 saturated carbocycles. The molecule has 1 amide bonds. The van der Waals surface area contributed by atoms with Crippen molar-refractivity contribution in [3.8, 4) is 0 Å². The summed E-state index contributed by atoms with van der Waals surface area (Å²) in [6.07, 6.45) is 5.30. The minimum absolute atomic E-state index is 0.0601. The number of carbonyl (C=O) groups excluding carboxylic acids is 1. The molecule has 4 aromatic rings. The van der Waals surface area contributed by atoms with Gasteiger partial charge in [-0.05, 0) is 43.7 Å². The highest BCUT2D eigenvalue weighted by Crippen LogP contribution is 2.34. The van der Waals surface area contributed by atoms with E-state index in [0.717, 1.165) is 10.4 Å². The SMILES string of the molecule is C=CCn1c(SCC(=O)N2N=C(c3ccco3)CC2c2ccco2)nc2sc(C)c(C)c2c1=O. The lowest BCUT2D eigenvalue weighted by atomic mass is 10.1. The molecule has 1 unspecified atom stereocenters. The third kappa shape index (κ3) is 3.92. The zero-order valence-corrected chi connectivity index (χ0v) is 20.3. The third-order valence-corrected chi connectivity index (χ3v) is 7.80. The van der Waals surface area contributed by atoms with Crippen molar-refractivity contribution in [2.24, 2.45) is 5.10 Å². The quantitative estimate of drug-likeness (QED) is 0.206. The number of thioether (sulfide) groups is 1. The van der Waals surface area contributed by atoms with Crippen LogP contribution in [0.5, 0.6) is 0 Å². The van der Waals surface area contributed by atoms with E-state index in [0.29, 0.717) is 45.6 Å². The van der Waals surface area contributed by atoms with Crippen LogP contribution in [0, 0.1) is 13.8 Å². The van der Waals surface area contributed by atoms with E-state index in [1.165, 1.54) is 28.1 Å². The van der Waals surface area contributed by atoms with Gasteiger partial charge in [-0.25, -0.2) is 9.99 Å². The first-order chi connectivity index (χ1) is 16.5. The molecule has 4 aromatic heterocycles. The normalized spacial score (nSPS) is 15.8. The van der Waals surface area contributed by atoms with E-state index in [4.69, 9.17) is 13.8 Å². The number of hydrazone groups is 1. The van der Waals surface area contributed by atoms with Gasteiger partial charge < -0.3 is 8.83 Å². The summed E-state index contributed by atoms with van der Waals surface area (Å²) in [6, 6.07) is 6.86. The van der Waals surface area contributed by atoms with Gasteiger partial charge in [0.25, 0.3) is 11.5 Å². The van der Waals surface area contributed by atoms with Crippen LogP contribution in [0.4, 0.5) is 0 Å². The number of allylic oxidation sites excluding steroid dienone is 1. The van der Waals surface area contributed by atoms with Gasteiger partial charge in [-0.2, -0.15) is 5.10 Å². The summed E-state index contributed by atoms with van der Waals surface area (Å²) in [5.41, 5.74) is 1.51. The number of carbonyl (C=O) groups is 1. The van der Waals surface area contributed by atoms with E-state index in [9.17, 15) is 9.59 Å². The minimum atomic E-state index is -0.364. The molecule has 8 nitrogen and oxygen atoms in total. The first-order valence-corrected chi connectivity index (χ1v) is 12.5. The summed E-state index contributed by atoms with van der Waals surface area (Å²) < 4.78 is 12.6. The van der Waals surface area contributed by atoms with Crippen LogP contribution in [0.2, 0.25) is 0 Å². The highest BCUT2D eigenvalue weighted by Gasteiger charge is 2.35. The Kier molecular flexibility index (Phi) is 6.01. The summed E-state index contributed by atoms with van der Waals surface area (Å²) in [7, 11) is 0. The van der Waals surface area contributed by atoms with Crippen LogP contribution in [0.25, 0.3) is 10.2 Å².